The second-order valence-electron chi connectivity index (χ2n) is 6.17. The van der Waals surface area contributed by atoms with Gasteiger partial charge in [0.25, 0.3) is 0 Å². The Morgan fingerprint density at radius 1 is 0.893 bits per heavy atom. The number of nitrogens with zero attached hydrogens (tertiary/aromatic N) is 2. The van der Waals surface area contributed by atoms with Crippen molar-refractivity contribution in [3.63, 3.8) is 0 Å². The number of anilines is 3. The third kappa shape index (κ3) is 3.88. The molecule has 0 aliphatic heterocycles. The minimum atomic E-state index is -0.446. The number of amides is 2. The van der Waals surface area contributed by atoms with Gasteiger partial charge in [-0.05, 0) is 53.6 Å². The summed E-state index contributed by atoms with van der Waals surface area (Å²) in [5.41, 5.74) is 9.37. The van der Waals surface area contributed by atoms with E-state index in [1.54, 1.807) is 24.4 Å². The molecule has 0 atom stereocenters. The Morgan fingerprint density at radius 2 is 1.64 bits per heavy atom. The normalized spacial score (nSPS) is 10.6. The summed E-state index contributed by atoms with van der Waals surface area (Å²) in [5, 5.41) is 6.20. The van der Waals surface area contributed by atoms with Gasteiger partial charge in [-0.25, -0.2) is 19.2 Å². The molecule has 3 aromatic carbocycles. The predicted octanol–water partition coefficient (Wildman–Crippen LogP) is 4.66. The number of rotatable bonds is 3. The van der Waals surface area contributed by atoms with E-state index in [0.29, 0.717) is 11.4 Å². The first-order chi connectivity index (χ1) is 13.6. The Balaban J connectivity index is 1.47. The highest BCUT2D eigenvalue weighted by molar-refractivity contribution is 5.99. The average molecular weight is 373 g/mol. The third-order valence-corrected chi connectivity index (χ3v) is 4.16. The summed E-state index contributed by atoms with van der Waals surface area (Å²) in [4.78, 5) is 20.3. The van der Waals surface area contributed by atoms with Gasteiger partial charge in [-0.1, -0.05) is 24.3 Å². The Morgan fingerprint density at radius 3 is 2.43 bits per heavy atom. The van der Waals surface area contributed by atoms with E-state index in [2.05, 4.69) is 20.6 Å². The van der Waals surface area contributed by atoms with Gasteiger partial charge < -0.3 is 16.4 Å². The molecule has 7 heteroatoms. The number of nitrogens with two attached hydrogens (primary N) is 1. The molecule has 1 aromatic heterocycles. The SMILES string of the molecule is Nc1ncc2cc(-c3ccc(NC(=O)Nc4cccc(F)c4)cc3)ccc2n1. The van der Waals surface area contributed by atoms with Crippen molar-refractivity contribution in [2.45, 2.75) is 0 Å². The molecule has 28 heavy (non-hydrogen) atoms. The van der Waals surface area contributed by atoms with Crippen LogP contribution in [0.1, 0.15) is 0 Å². The zero-order valence-electron chi connectivity index (χ0n) is 14.7. The number of aromatic nitrogens is 2. The number of urea groups is 1. The van der Waals surface area contributed by atoms with E-state index in [1.165, 1.54) is 18.2 Å². The highest BCUT2D eigenvalue weighted by Crippen LogP contribution is 2.25. The minimum absolute atomic E-state index is 0.243. The lowest BCUT2D eigenvalue weighted by molar-refractivity contribution is 0.262. The Bertz CT molecular complexity index is 1160. The monoisotopic (exact) mass is 373 g/mol. The molecule has 4 aromatic rings. The highest BCUT2D eigenvalue weighted by Gasteiger charge is 2.05. The molecule has 4 N–H and O–H groups in total. The lowest BCUT2D eigenvalue weighted by atomic mass is 10.0. The largest absolute Gasteiger partial charge is 0.368 e. The zero-order chi connectivity index (χ0) is 19.5. The topological polar surface area (TPSA) is 92.9 Å². The summed E-state index contributed by atoms with van der Waals surface area (Å²) in [7, 11) is 0. The van der Waals surface area contributed by atoms with Crippen molar-refractivity contribution in [1.82, 2.24) is 9.97 Å². The molecule has 138 valence electrons. The second kappa shape index (κ2) is 7.32. The van der Waals surface area contributed by atoms with Crippen LogP contribution in [0.15, 0.2) is 72.9 Å². The lowest BCUT2D eigenvalue weighted by Gasteiger charge is -2.09. The summed E-state index contributed by atoms with van der Waals surface area (Å²) in [5.74, 6) is -0.169. The van der Waals surface area contributed by atoms with Gasteiger partial charge >= 0.3 is 6.03 Å². The molecule has 0 bridgehead atoms. The first-order valence-corrected chi connectivity index (χ1v) is 8.53. The molecule has 0 saturated carbocycles. The van der Waals surface area contributed by atoms with E-state index in [9.17, 15) is 9.18 Å². The average Bonchev–Trinajstić information content (AvgIpc) is 2.68. The third-order valence-electron chi connectivity index (χ3n) is 4.16. The molecular formula is C21H16FN5O. The quantitative estimate of drug-likeness (QED) is 0.487. The molecule has 1 heterocycles. The molecule has 0 aliphatic rings. The molecule has 4 rings (SSSR count). The molecular weight excluding hydrogens is 357 g/mol. The first kappa shape index (κ1) is 17.4. The first-order valence-electron chi connectivity index (χ1n) is 8.53. The molecule has 0 fully saturated rings. The predicted molar refractivity (Wildman–Crippen MR) is 108 cm³/mol. The number of benzene rings is 3. The highest BCUT2D eigenvalue weighted by atomic mass is 19.1. The van der Waals surface area contributed by atoms with Crippen molar-refractivity contribution >= 4 is 34.3 Å². The zero-order valence-corrected chi connectivity index (χ0v) is 14.7. The maximum absolute atomic E-state index is 13.2. The summed E-state index contributed by atoms with van der Waals surface area (Å²) in [6, 6.07) is 18.5. The number of hydrogen-bond donors (Lipinski definition) is 3. The van der Waals surface area contributed by atoms with E-state index in [4.69, 9.17) is 5.73 Å². The Kier molecular flexibility index (Phi) is 4.55. The van der Waals surface area contributed by atoms with Crippen LogP contribution < -0.4 is 16.4 Å². The van der Waals surface area contributed by atoms with Crippen LogP contribution in [0.2, 0.25) is 0 Å². The number of fused-ring (bicyclic) bond motifs is 1. The smallest absolute Gasteiger partial charge is 0.323 e. The van der Waals surface area contributed by atoms with Crippen molar-refractivity contribution < 1.29 is 9.18 Å². The maximum Gasteiger partial charge on any atom is 0.323 e. The molecule has 0 spiro atoms. The van der Waals surface area contributed by atoms with Gasteiger partial charge in [0, 0.05) is 23.0 Å². The fraction of sp³-hybridized carbons (Fsp3) is 0. The number of carbonyl (C=O) groups is 1. The van der Waals surface area contributed by atoms with Crippen LogP contribution in [0.25, 0.3) is 22.0 Å². The molecule has 6 nitrogen and oxygen atoms in total. The van der Waals surface area contributed by atoms with Gasteiger partial charge in [-0.2, -0.15) is 0 Å². The fourth-order valence-corrected chi connectivity index (χ4v) is 2.83. The molecule has 0 aliphatic carbocycles. The summed E-state index contributed by atoms with van der Waals surface area (Å²) in [6.07, 6.45) is 1.69. The van der Waals surface area contributed by atoms with Crippen molar-refractivity contribution in [3.05, 3.63) is 78.7 Å². The number of halogens is 1. The fourth-order valence-electron chi connectivity index (χ4n) is 2.83. The van der Waals surface area contributed by atoms with E-state index in [1.807, 2.05) is 30.3 Å². The van der Waals surface area contributed by atoms with Crippen LogP contribution in [-0.4, -0.2) is 16.0 Å². The molecule has 0 saturated heterocycles. The number of hydrogen-bond acceptors (Lipinski definition) is 4. The van der Waals surface area contributed by atoms with Crippen molar-refractivity contribution in [1.29, 1.82) is 0 Å². The summed E-state index contributed by atoms with van der Waals surface area (Å²) < 4.78 is 13.2. The Hall–Kier alpha value is -4.00. The van der Waals surface area contributed by atoms with Gasteiger partial charge in [0.1, 0.15) is 5.82 Å². The minimum Gasteiger partial charge on any atom is -0.368 e. The number of carbonyl (C=O) groups excluding carboxylic acids is 1. The van der Waals surface area contributed by atoms with Gasteiger partial charge in [-0.3, -0.25) is 0 Å². The van der Waals surface area contributed by atoms with E-state index < -0.39 is 11.8 Å². The van der Waals surface area contributed by atoms with Crippen molar-refractivity contribution in [2.24, 2.45) is 0 Å². The van der Waals surface area contributed by atoms with E-state index in [-0.39, 0.29) is 5.95 Å². The molecule has 0 unspecified atom stereocenters. The lowest BCUT2D eigenvalue weighted by Crippen LogP contribution is -2.19. The van der Waals surface area contributed by atoms with Crippen LogP contribution >= 0.6 is 0 Å². The van der Waals surface area contributed by atoms with Gasteiger partial charge in [0.05, 0.1) is 5.52 Å². The van der Waals surface area contributed by atoms with Gasteiger partial charge in [-0.15, -0.1) is 0 Å². The Labute approximate surface area is 160 Å². The van der Waals surface area contributed by atoms with Crippen molar-refractivity contribution in [2.75, 3.05) is 16.4 Å². The maximum atomic E-state index is 13.2. The number of nitrogens with one attached hydrogen (secondary N) is 2. The van der Waals surface area contributed by atoms with Gasteiger partial charge in [0.15, 0.2) is 0 Å². The van der Waals surface area contributed by atoms with E-state index in [0.717, 1.165) is 22.0 Å². The molecule has 2 amide bonds. The van der Waals surface area contributed by atoms with Crippen LogP contribution in [0, 0.1) is 5.82 Å². The van der Waals surface area contributed by atoms with Crippen LogP contribution in [0.4, 0.5) is 26.5 Å². The van der Waals surface area contributed by atoms with Crippen molar-refractivity contribution in [3.8, 4) is 11.1 Å². The van der Waals surface area contributed by atoms with Crippen LogP contribution in [0.5, 0.6) is 0 Å². The van der Waals surface area contributed by atoms with Crippen LogP contribution in [0.3, 0.4) is 0 Å². The second-order valence-corrected chi connectivity index (χ2v) is 6.17. The number of nitrogen functional groups attached to an aromatic ring is 1. The van der Waals surface area contributed by atoms with Gasteiger partial charge in [0.2, 0.25) is 5.95 Å². The molecule has 0 radical (unpaired) electrons. The summed E-state index contributed by atoms with van der Waals surface area (Å²) in [6.45, 7) is 0. The standard InChI is InChI=1S/C21H16FN5O/c22-16-2-1-3-18(11-16)26-21(28)25-17-7-4-13(5-8-17)14-6-9-19-15(10-14)12-24-20(23)27-19/h1-12H,(H2,23,24,27)(H2,25,26,28). The summed E-state index contributed by atoms with van der Waals surface area (Å²) >= 11 is 0. The van der Waals surface area contributed by atoms with E-state index >= 15 is 0 Å². The van der Waals surface area contributed by atoms with Crippen LogP contribution in [-0.2, 0) is 0 Å².